The van der Waals surface area contributed by atoms with Gasteiger partial charge in [0.15, 0.2) is 24.4 Å². The zero-order valence-corrected chi connectivity index (χ0v) is 51.9. The second-order valence-electron chi connectivity index (χ2n) is 19.5. The Balaban J connectivity index is 0.000000560. The van der Waals surface area contributed by atoms with Crippen LogP contribution in [0, 0.1) is 55.4 Å². The molecule has 1 radical (unpaired) electrons. The Kier molecular flexibility index (Phi) is 27.9. The molecular formula is C52H70Cl2CuN10O20. The van der Waals surface area contributed by atoms with Gasteiger partial charge in [0.2, 0.25) is 24.9 Å². The van der Waals surface area contributed by atoms with Gasteiger partial charge in [0.1, 0.15) is 37.5 Å². The molecular weight excluding hydrogens is 1220 g/mol. The Labute approximate surface area is 511 Å². The van der Waals surface area contributed by atoms with Crippen LogP contribution in [0.25, 0.3) is 0 Å². The van der Waals surface area contributed by atoms with Crippen LogP contribution in [0.1, 0.15) is 113 Å². The van der Waals surface area contributed by atoms with Crippen LogP contribution in [0.15, 0.2) is 24.3 Å². The number of hydrogen-bond acceptors (Lipinski definition) is 24. The molecule has 2 aliphatic heterocycles. The minimum absolute atomic E-state index is 0. The molecule has 2 aliphatic rings. The van der Waals surface area contributed by atoms with Gasteiger partial charge in [-0.15, -0.1) is 0 Å². The Bertz CT molecular complexity index is 2760. The first-order chi connectivity index (χ1) is 38.3. The zero-order valence-electron chi connectivity index (χ0n) is 49.5. The number of aromatic nitrogens is 8. The van der Waals surface area contributed by atoms with E-state index in [1.807, 2.05) is 0 Å². The molecule has 0 unspecified atom stereocenters. The van der Waals surface area contributed by atoms with Crippen molar-refractivity contribution in [1.29, 1.82) is 0 Å². The average Bonchev–Trinajstić information content (AvgIpc) is 3.88. The quantitative estimate of drug-likeness (QED) is 0.0536. The van der Waals surface area contributed by atoms with E-state index in [9.17, 15) is 47.9 Å². The molecule has 0 spiro atoms. The summed E-state index contributed by atoms with van der Waals surface area (Å²) >= 11 is 0. The molecule has 6 rings (SSSR count). The molecule has 2 saturated heterocycles. The molecule has 6 heterocycles. The SMILES string of the molecule is CC(=O)OC[C@H]1O[C@@H](OC(C)=O)[C@H](NC(=O)C(n2nc(C)cc2C)n2nc(C)cc2C)[C@@H](OC(C)=O)[C@@H]1OC(C)=O.CC(=O)OC[C@H]1O[C@@H](OC(C)=O)[C@H](NC(=O)C(n2nc(C)cc2C)n2nc(C)cc2C)[C@@H](OC(C)=O)[C@@H]1OC(C)=O.[Cl-].[Cl-].[Cu+2]. The number of nitrogens with zero attached hydrogens (tertiary/aromatic N) is 8. The summed E-state index contributed by atoms with van der Waals surface area (Å²) in [5.74, 6) is -7.30. The number of hydrogen-bond donors (Lipinski definition) is 2. The summed E-state index contributed by atoms with van der Waals surface area (Å²) in [6, 6.07) is 4.41. The molecule has 473 valence electrons. The predicted octanol–water partition coefficient (Wildman–Crippen LogP) is -4.88. The van der Waals surface area contributed by atoms with Crippen molar-refractivity contribution in [2.45, 2.75) is 184 Å². The summed E-state index contributed by atoms with van der Waals surface area (Å²) in [5.41, 5.74) is 5.24. The van der Waals surface area contributed by atoms with E-state index in [2.05, 4.69) is 31.0 Å². The second kappa shape index (κ2) is 32.2. The van der Waals surface area contributed by atoms with Crippen LogP contribution in [-0.2, 0) is 112 Å². The van der Waals surface area contributed by atoms with Gasteiger partial charge < -0.3 is 82.8 Å². The van der Waals surface area contributed by atoms with Crippen molar-refractivity contribution in [3.8, 4) is 0 Å². The molecule has 10 atom stereocenters. The van der Waals surface area contributed by atoms with Crippen LogP contribution in [0.3, 0.4) is 0 Å². The minimum atomic E-state index is -1.53. The van der Waals surface area contributed by atoms with Crippen molar-refractivity contribution in [2.75, 3.05) is 13.2 Å². The number of carbonyl (C=O) groups excluding carboxylic acids is 10. The van der Waals surface area contributed by atoms with Crippen LogP contribution in [0.2, 0.25) is 0 Å². The number of ether oxygens (including phenoxy) is 10. The predicted molar refractivity (Wildman–Crippen MR) is 276 cm³/mol. The summed E-state index contributed by atoms with van der Waals surface area (Å²) in [6.07, 6.45) is -13.3. The molecule has 85 heavy (non-hydrogen) atoms. The number of nitrogens with one attached hydrogen (secondary N) is 2. The van der Waals surface area contributed by atoms with Crippen molar-refractivity contribution >= 4 is 59.6 Å². The molecule has 33 heteroatoms. The third kappa shape index (κ3) is 19.8. The Morgan fingerprint density at radius 1 is 0.412 bits per heavy atom. The van der Waals surface area contributed by atoms with Crippen molar-refractivity contribution in [3.63, 3.8) is 0 Å². The molecule has 30 nitrogen and oxygen atoms in total. The molecule has 0 bridgehead atoms. The third-order valence-corrected chi connectivity index (χ3v) is 12.2. The smallest absolute Gasteiger partial charge is 1.00 e. The normalized spacial score (nSPS) is 21.3. The van der Waals surface area contributed by atoms with Gasteiger partial charge in [-0.2, -0.15) is 20.4 Å². The summed E-state index contributed by atoms with van der Waals surface area (Å²) < 4.78 is 60.4. The summed E-state index contributed by atoms with van der Waals surface area (Å²) in [5, 5.41) is 23.4. The Hall–Kier alpha value is -7.44. The summed E-state index contributed by atoms with van der Waals surface area (Å²) in [6.45, 7) is 22.4. The fourth-order valence-corrected chi connectivity index (χ4v) is 9.34. The Morgan fingerprint density at radius 3 is 0.847 bits per heavy atom. The van der Waals surface area contributed by atoms with Gasteiger partial charge in [-0.05, 0) is 79.7 Å². The van der Waals surface area contributed by atoms with E-state index in [1.54, 1.807) is 79.7 Å². The Morgan fingerprint density at radius 2 is 0.647 bits per heavy atom. The fraction of sp³-hybridized carbons (Fsp3) is 0.577. The van der Waals surface area contributed by atoms with E-state index in [1.165, 1.54) is 18.7 Å². The van der Waals surface area contributed by atoms with Crippen molar-refractivity contribution in [1.82, 2.24) is 49.8 Å². The standard InChI is InChI=1S/2C26H35N5O10.2ClH.Cu/c2*1-12-9-14(3)30(28-12)25(31-15(4)10-13(2)29-31)24(36)27-21-23(39-18(7)34)22(38-17(6)33)20(11-37-16(5)32)41-26(21)40-19(8)35;;;/h2*9-10,20-23,25-26H,11H2,1-8H3,(H,27,36);2*1H;/q;;;;+2/p-2/t2*20-,21-,22-,23-,26-;;;/m11.../s1. The van der Waals surface area contributed by atoms with Gasteiger partial charge >= 0.3 is 64.8 Å². The number of aryl methyl sites for hydroxylation is 8. The van der Waals surface area contributed by atoms with Crippen molar-refractivity contribution in [2.24, 2.45) is 0 Å². The maximum absolute atomic E-state index is 14.1. The monoisotopic (exact) mass is 1290 g/mol. The fourth-order valence-electron chi connectivity index (χ4n) is 9.34. The first-order valence-electron chi connectivity index (χ1n) is 25.7. The van der Waals surface area contributed by atoms with E-state index in [0.29, 0.717) is 45.6 Å². The topological polar surface area (TPSA) is 358 Å². The van der Waals surface area contributed by atoms with Crippen LogP contribution in [0.5, 0.6) is 0 Å². The molecule has 2 N–H and O–H groups in total. The van der Waals surface area contributed by atoms with E-state index in [4.69, 9.17) is 47.4 Å². The number of carbonyl (C=O) groups is 10. The molecule has 2 amide bonds. The molecule has 0 saturated carbocycles. The summed E-state index contributed by atoms with van der Waals surface area (Å²) in [4.78, 5) is 124. The minimum Gasteiger partial charge on any atom is -1.00 e. The van der Waals surface area contributed by atoms with Crippen LogP contribution >= 0.6 is 0 Å². The van der Waals surface area contributed by atoms with E-state index < -0.39 is 146 Å². The molecule has 0 aliphatic carbocycles. The van der Waals surface area contributed by atoms with E-state index in [-0.39, 0.29) is 41.9 Å². The number of esters is 8. The maximum Gasteiger partial charge on any atom is 2.00 e. The largest absolute Gasteiger partial charge is 2.00 e. The summed E-state index contributed by atoms with van der Waals surface area (Å²) in [7, 11) is 0. The van der Waals surface area contributed by atoms with Crippen molar-refractivity contribution < 1.29 is 137 Å². The van der Waals surface area contributed by atoms with E-state index in [0.717, 1.165) is 55.4 Å². The van der Waals surface area contributed by atoms with Crippen LogP contribution in [0.4, 0.5) is 0 Å². The molecule has 2 fully saturated rings. The average molecular weight is 1290 g/mol. The maximum atomic E-state index is 14.1. The molecule has 4 aromatic rings. The van der Waals surface area contributed by atoms with Gasteiger partial charge in [-0.3, -0.25) is 47.9 Å². The number of amides is 2. The van der Waals surface area contributed by atoms with Gasteiger partial charge in [-0.25, -0.2) is 18.7 Å². The first-order valence-corrected chi connectivity index (χ1v) is 25.7. The first kappa shape index (κ1) is 73.7. The van der Waals surface area contributed by atoms with Gasteiger partial charge in [0.25, 0.3) is 11.8 Å². The molecule has 4 aromatic heterocycles. The van der Waals surface area contributed by atoms with Gasteiger partial charge in [0, 0.05) is 78.2 Å². The van der Waals surface area contributed by atoms with Crippen LogP contribution in [-0.4, -0.2) is 173 Å². The molecule has 0 aromatic carbocycles. The zero-order chi connectivity index (χ0) is 61.2. The van der Waals surface area contributed by atoms with E-state index >= 15 is 0 Å². The number of rotatable bonds is 18. The van der Waals surface area contributed by atoms with Crippen LogP contribution < -0.4 is 35.4 Å². The second-order valence-corrected chi connectivity index (χ2v) is 19.5. The van der Waals surface area contributed by atoms with Gasteiger partial charge in [-0.1, -0.05) is 0 Å². The third-order valence-electron chi connectivity index (χ3n) is 12.2. The van der Waals surface area contributed by atoms with Gasteiger partial charge in [0.05, 0.1) is 22.8 Å². The number of halogens is 2. The van der Waals surface area contributed by atoms with Crippen molar-refractivity contribution in [3.05, 3.63) is 69.8 Å².